The lowest BCUT2D eigenvalue weighted by atomic mass is 10.1. The summed E-state index contributed by atoms with van der Waals surface area (Å²) < 4.78 is 6.85. The molecule has 1 rings (SSSR count). The van der Waals surface area contributed by atoms with Crippen LogP contribution in [0.5, 0.6) is 5.75 Å². The van der Waals surface area contributed by atoms with Crippen LogP contribution < -0.4 is 10.5 Å². The van der Waals surface area contributed by atoms with Gasteiger partial charge in [-0.2, -0.15) is 0 Å². The van der Waals surface area contributed by atoms with E-state index in [9.17, 15) is 0 Å². The third-order valence-corrected chi connectivity index (χ3v) is 2.48. The molecule has 1 aromatic rings. The van der Waals surface area contributed by atoms with Crippen molar-refractivity contribution in [3.05, 3.63) is 28.7 Å². The van der Waals surface area contributed by atoms with Gasteiger partial charge in [-0.1, -0.05) is 15.9 Å². The predicted octanol–water partition coefficient (Wildman–Crippen LogP) is 2.96. The molecule has 0 spiro atoms. The molecular weight excluding hydrogens is 242 g/mol. The van der Waals surface area contributed by atoms with Gasteiger partial charge in [-0.15, -0.1) is 0 Å². The Balaban J connectivity index is 2.64. The van der Waals surface area contributed by atoms with E-state index in [4.69, 9.17) is 10.5 Å². The van der Waals surface area contributed by atoms with Crippen molar-refractivity contribution in [1.29, 1.82) is 0 Å². The molecule has 0 bridgehead atoms. The Morgan fingerprint density at radius 2 is 1.86 bits per heavy atom. The van der Waals surface area contributed by atoms with Gasteiger partial charge in [0.15, 0.2) is 0 Å². The zero-order chi connectivity index (χ0) is 10.6. The van der Waals surface area contributed by atoms with Crippen molar-refractivity contribution >= 4 is 15.9 Å². The first-order valence-corrected chi connectivity index (χ1v) is 5.47. The zero-order valence-electron chi connectivity index (χ0n) is 8.59. The average Bonchev–Trinajstić information content (AvgIpc) is 2.08. The van der Waals surface area contributed by atoms with Crippen molar-refractivity contribution in [2.24, 2.45) is 5.73 Å². The van der Waals surface area contributed by atoms with Gasteiger partial charge < -0.3 is 10.5 Å². The number of rotatable bonds is 4. The molecule has 0 heterocycles. The van der Waals surface area contributed by atoms with Crippen LogP contribution >= 0.6 is 15.9 Å². The van der Waals surface area contributed by atoms with E-state index in [1.165, 1.54) is 0 Å². The van der Waals surface area contributed by atoms with Crippen LogP contribution in [0.4, 0.5) is 0 Å². The molecule has 0 amide bonds. The molecule has 0 aromatic heterocycles. The Bertz CT molecular complexity index is 282. The van der Waals surface area contributed by atoms with E-state index in [0.717, 1.165) is 16.6 Å². The van der Waals surface area contributed by atoms with Crippen LogP contribution in [0.15, 0.2) is 28.7 Å². The molecule has 0 aliphatic carbocycles. The van der Waals surface area contributed by atoms with E-state index in [-0.39, 0.29) is 5.60 Å². The number of halogens is 1. The molecule has 0 aliphatic rings. The molecule has 1 aromatic carbocycles. The van der Waals surface area contributed by atoms with Gasteiger partial charge in [0.2, 0.25) is 0 Å². The Hall–Kier alpha value is -0.540. The fourth-order valence-corrected chi connectivity index (χ4v) is 1.48. The highest BCUT2D eigenvalue weighted by Crippen LogP contribution is 2.22. The summed E-state index contributed by atoms with van der Waals surface area (Å²) in [4.78, 5) is 0. The zero-order valence-corrected chi connectivity index (χ0v) is 10.2. The Morgan fingerprint density at radius 1 is 1.29 bits per heavy atom. The largest absolute Gasteiger partial charge is 0.488 e. The average molecular weight is 258 g/mol. The van der Waals surface area contributed by atoms with Crippen LogP contribution in [-0.2, 0) is 0 Å². The van der Waals surface area contributed by atoms with E-state index in [2.05, 4.69) is 15.9 Å². The number of ether oxygens (including phenoxy) is 1. The molecule has 0 atom stereocenters. The van der Waals surface area contributed by atoms with Gasteiger partial charge >= 0.3 is 0 Å². The molecule has 0 unspecified atom stereocenters. The van der Waals surface area contributed by atoms with Crippen molar-refractivity contribution in [2.75, 3.05) is 6.54 Å². The van der Waals surface area contributed by atoms with Crippen LogP contribution in [0.25, 0.3) is 0 Å². The number of hydrogen-bond acceptors (Lipinski definition) is 2. The minimum absolute atomic E-state index is 0.192. The fraction of sp³-hybridized carbons (Fsp3) is 0.455. The fourth-order valence-electron chi connectivity index (χ4n) is 1.22. The lowest BCUT2D eigenvalue weighted by Crippen LogP contribution is -2.31. The van der Waals surface area contributed by atoms with Crippen LogP contribution in [-0.4, -0.2) is 12.1 Å². The molecule has 0 saturated heterocycles. The molecule has 0 fully saturated rings. The third-order valence-electron chi connectivity index (χ3n) is 1.95. The van der Waals surface area contributed by atoms with Gasteiger partial charge in [-0.3, -0.25) is 0 Å². The second kappa shape index (κ2) is 4.80. The maximum absolute atomic E-state index is 5.80. The van der Waals surface area contributed by atoms with Crippen molar-refractivity contribution < 1.29 is 4.74 Å². The Morgan fingerprint density at radius 3 is 2.36 bits per heavy atom. The number of nitrogens with two attached hydrogens (primary N) is 1. The monoisotopic (exact) mass is 257 g/mol. The SMILES string of the molecule is CC(C)(CCN)Oc1ccc(Br)cc1. The first-order chi connectivity index (χ1) is 6.53. The van der Waals surface area contributed by atoms with E-state index in [1.54, 1.807) is 0 Å². The minimum atomic E-state index is -0.192. The lowest BCUT2D eigenvalue weighted by Gasteiger charge is -2.25. The maximum atomic E-state index is 5.80. The highest BCUT2D eigenvalue weighted by atomic mass is 79.9. The highest BCUT2D eigenvalue weighted by molar-refractivity contribution is 9.10. The standard InChI is InChI=1S/C11H16BrNO/c1-11(2,7-8-13)14-10-5-3-9(12)4-6-10/h3-6H,7-8,13H2,1-2H3. The second-order valence-corrected chi connectivity index (χ2v) is 4.77. The molecule has 78 valence electrons. The molecule has 2 nitrogen and oxygen atoms in total. The quantitative estimate of drug-likeness (QED) is 0.901. The molecule has 0 aliphatic heterocycles. The van der Waals surface area contributed by atoms with Gasteiger partial charge in [-0.05, 0) is 51.1 Å². The van der Waals surface area contributed by atoms with Crippen molar-refractivity contribution in [1.82, 2.24) is 0 Å². The summed E-state index contributed by atoms with van der Waals surface area (Å²) in [6.45, 7) is 4.73. The van der Waals surface area contributed by atoms with Gasteiger partial charge in [0.05, 0.1) is 0 Å². The van der Waals surface area contributed by atoms with Crippen LogP contribution in [0.1, 0.15) is 20.3 Å². The van der Waals surface area contributed by atoms with Crippen molar-refractivity contribution in [2.45, 2.75) is 25.9 Å². The van der Waals surface area contributed by atoms with Crippen LogP contribution in [0, 0.1) is 0 Å². The Kier molecular flexibility index (Phi) is 3.96. The molecular formula is C11H16BrNO. The summed E-state index contributed by atoms with van der Waals surface area (Å²) in [7, 11) is 0. The number of benzene rings is 1. The predicted molar refractivity (Wildman–Crippen MR) is 62.5 cm³/mol. The minimum Gasteiger partial charge on any atom is -0.488 e. The Labute approximate surface area is 93.6 Å². The molecule has 0 radical (unpaired) electrons. The van der Waals surface area contributed by atoms with Crippen molar-refractivity contribution in [3.63, 3.8) is 0 Å². The lowest BCUT2D eigenvalue weighted by molar-refractivity contribution is 0.102. The summed E-state index contributed by atoms with van der Waals surface area (Å²) in [5.41, 5.74) is 5.31. The first kappa shape index (κ1) is 11.5. The van der Waals surface area contributed by atoms with E-state index < -0.39 is 0 Å². The summed E-state index contributed by atoms with van der Waals surface area (Å²) in [6.07, 6.45) is 0.850. The third kappa shape index (κ3) is 3.68. The molecule has 2 N–H and O–H groups in total. The van der Waals surface area contributed by atoms with E-state index in [1.807, 2.05) is 38.1 Å². The first-order valence-electron chi connectivity index (χ1n) is 4.68. The summed E-state index contributed by atoms with van der Waals surface area (Å²) in [5.74, 6) is 0.881. The normalized spacial score (nSPS) is 11.4. The van der Waals surface area contributed by atoms with Gasteiger partial charge in [0, 0.05) is 4.47 Å². The van der Waals surface area contributed by atoms with Gasteiger partial charge in [0.1, 0.15) is 11.4 Å². The highest BCUT2D eigenvalue weighted by Gasteiger charge is 2.18. The van der Waals surface area contributed by atoms with Crippen LogP contribution in [0.2, 0.25) is 0 Å². The summed E-state index contributed by atoms with van der Waals surface area (Å²) in [6, 6.07) is 7.83. The van der Waals surface area contributed by atoms with Crippen molar-refractivity contribution in [3.8, 4) is 5.75 Å². The van der Waals surface area contributed by atoms with E-state index in [0.29, 0.717) is 6.54 Å². The smallest absolute Gasteiger partial charge is 0.120 e. The van der Waals surface area contributed by atoms with Gasteiger partial charge in [-0.25, -0.2) is 0 Å². The molecule has 0 saturated carbocycles. The summed E-state index contributed by atoms with van der Waals surface area (Å²) >= 11 is 3.38. The summed E-state index contributed by atoms with van der Waals surface area (Å²) in [5, 5.41) is 0. The molecule has 3 heteroatoms. The van der Waals surface area contributed by atoms with Crippen LogP contribution in [0.3, 0.4) is 0 Å². The molecule has 14 heavy (non-hydrogen) atoms. The maximum Gasteiger partial charge on any atom is 0.120 e. The topological polar surface area (TPSA) is 35.2 Å². The second-order valence-electron chi connectivity index (χ2n) is 3.85. The van der Waals surface area contributed by atoms with Gasteiger partial charge in [0.25, 0.3) is 0 Å². The number of hydrogen-bond donors (Lipinski definition) is 1. The van der Waals surface area contributed by atoms with E-state index >= 15 is 0 Å².